The number of nitrogens with zero attached hydrogens (tertiary/aromatic N) is 4. The third-order valence-electron chi connectivity index (χ3n) is 15.8. The highest BCUT2D eigenvalue weighted by atomic mass is 16.7. The Labute approximate surface area is 336 Å². The van der Waals surface area contributed by atoms with Gasteiger partial charge in [0.15, 0.2) is 0 Å². The molecule has 7 fully saturated rings. The van der Waals surface area contributed by atoms with Gasteiger partial charge in [-0.1, -0.05) is 27.2 Å². The Kier molecular flexibility index (Phi) is 14.2. The fourth-order valence-electron chi connectivity index (χ4n) is 12.4. The lowest BCUT2D eigenvalue weighted by Crippen LogP contribution is -2.62. The molecule has 320 valence electrons. The van der Waals surface area contributed by atoms with Gasteiger partial charge in [0.1, 0.15) is 18.2 Å². The molecule has 2 aliphatic heterocycles. The predicted molar refractivity (Wildman–Crippen MR) is 215 cm³/mol. The second-order valence-electron chi connectivity index (χ2n) is 20.0. The van der Waals surface area contributed by atoms with Crippen LogP contribution in [-0.4, -0.2) is 158 Å². The van der Waals surface area contributed by atoms with E-state index in [1.807, 2.05) is 23.9 Å². The molecule has 5 saturated carbocycles. The van der Waals surface area contributed by atoms with E-state index in [9.17, 15) is 24.6 Å². The average molecular weight is 789 g/mol. The first-order chi connectivity index (χ1) is 26.5. The fourth-order valence-corrected chi connectivity index (χ4v) is 12.4. The molecule has 2 saturated heterocycles. The highest BCUT2D eigenvalue weighted by Gasteiger charge is 2.58. The summed E-state index contributed by atoms with van der Waals surface area (Å²) in [6.07, 6.45) is 7.88. The summed E-state index contributed by atoms with van der Waals surface area (Å²) in [5.41, 5.74) is 0.301. The van der Waals surface area contributed by atoms with Gasteiger partial charge in [-0.05, 0) is 128 Å². The van der Waals surface area contributed by atoms with E-state index in [1.54, 1.807) is 19.1 Å². The Morgan fingerprint density at radius 1 is 0.982 bits per heavy atom. The van der Waals surface area contributed by atoms with Crippen molar-refractivity contribution in [3.8, 4) is 0 Å². The number of carbonyl (C=O) groups is 3. The molecule has 15 atom stereocenters. The monoisotopic (exact) mass is 789 g/mol. The molecule has 0 aromatic carbocycles. The van der Waals surface area contributed by atoms with E-state index >= 15 is 0 Å². The molecule has 0 spiro atoms. The van der Waals surface area contributed by atoms with Crippen LogP contribution in [0.15, 0.2) is 0 Å². The first-order valence-corrected chi connectivity index (χ1v) is 22.0. The van der Waals surface area contributed by atoms with Crippen LogP contribution in [0, 0.1) is 52.8 Å². The minimum absolute atomic E-state index is 0.0156. The molecule has 3 amide bonds. The number of hydrogen-bond acceptors (Lipinski definition) is 10. The molecular formula is C43H76N6O7. The molecule has 2 heterocycles. The molecule has 0 aromatic heterocycles. The number of carbonyl (C=O) groups excluding carboxylic acids is 3. The van der Waals surface area contributed by atoms with Crippen molar-refractivity contribution in [2.45, 2.75) is 134 Å². The van der Waals surface area contributed by atoms with Gasteiger partial charge in [0, 0.05) is 63.1 Å². The lowest BCUT2D eigenvalue weighted by molar-refractivity contribution is -0.193. The van der Waals surface area contributed by atoms with Crippen LogP contribution in [0.5, 0.6) is 0 Å². The van der Waals surface area contributed by atoms with E-state index in [0.717, 1.165) is 70.9 Å². The standard InChI is InChI=1S/C43H76N6O7/c1-25-33-20-30(43(33,3)4)21-34(25)44-41(53)38-37(26(2)51)36(24-50)56-49(38)22-27-13-12-14-32(39(27)55-9)28-17-29(19-31(18-28)47(7)8)40(52)45-35(23-46(5)6)42(54)48-15-10-11-16-48/h25-39,50-51H,10-24H2,1-9H3,(H,44,53)(H,45,52)/t25-,26-,27?,28?,29?,30+,31?,32?,33-,34-,35+,36-,37-,38-,39?/m0/s1. The van der Waals surface area contributed by atoms with Gasteiger partial charge in [-0.3, -0.25) is 19.2 Å². The van der Waals surface area contributed by atoms with Crippen molar-refractivity contribution in [2.24, 2.45) is 52.8 Å². The van der Waals surface area contributed by atoms with Gasteiger partial charge >= 0.3 is 0 Å². The second-order valence-corrected chi connectivity index (χ2v) is 20.0. The Balaban J connectivity index is 1.17. The van der Waals surface area contributed by atoms with Crippen LogP contribution in [0.25, 0.3) is 0 Å². The SMILES string of the molecule is COC1C(CN2O[C@@H](CO)[C@H]([C@H](C)O)[C@H]2C(=O)N[C@H]2C[C@H]3C[C@@H]([C@@H]2C)C3(C)C)CCCC1C1CC(C(=O)N[C@H](CN(C)C)C(=O)N2CCCC2)CC(N(C)C)C1. The number of likely N-dealkylation sites (tertiary alicyclic amines) is 1. The first-order valence-electron chi connectivity index (χ1n) is 22.0. The summed E-state index contributed by atoms with van der Waals surface area (Å²) in [7, 11) is 9.85. The summed E-state index contributed by atoms with van der Waals surface area (Å²) >= 11 is 0. The van der Waals surface area contributed by atoms with Crippen LogP contribution in [0.1, 0.15) is 91.9 Å². The first kappa shape index (κ1) is 43.7. The van der Waals surface area contributed by atoms with E-state index in [2.05, 4.69) is 50.4 Å². The molecule has 7 rings (SSSR count). The Morgan fingerprint density at radius 2 is 1.70 bits per heavy atom. The highest BCUT2D eigenvalue weighted by molar-refractivity contribution is 5.89. The minimum Gasteiger partial charge on any atom is -0.394 e. The Bertz CT molecular complexity index is 1360. The number of methoxy groups -OCH3 is 1. The molecule has 56 heavy (non-hydrogen) atoms. The van der Waals surface area contributed by atoms with E-state index in [4.69, 9.17) is 9.57 Å². The molecule has 4 N–H and O–H groups in total. The van der Waals surface area contributed by atoms with Crippen molar-refractivity contribution in [2.75, 3.05) is 68.1 Å². The van der Waals surface area contributed by atoms with E-state index in [0.29, 0.717) is 36.3 Å². The molecular weight excluding hydrogens is 713 g/mol. The molecule has 2 bridgehead atoms. The number of nitrogens with one attached hydrogen (secondary N) is 2. The zero-order valence-electron chi connectivity index (χ0n) is 36.0. The summed E-state index contributed by atoms with van der Waals surface area (Å²) in [6.45, 7) is 10.8. The van der Waals surface area contributed by atoms with Gasteiger partial charge in [-0.2, -0.15) is 5.06 Å². The summed E-state index contributed by atoms with van der Waals surface area (Å²) in [4.78, 5) is 54.6. The molecule has 13 nitrogen and oxygen atoms in total. The number of hydrogen-bond donors (Lipinski definition) is 4. The highest BCUT2D eigenvalue weighted by Crippen LogP contribution is 2.61. The number of rotatable bonds is 14. The van der Waals surface area contributed by atoms with Gasteiger partial charge in [0.2, 0.25) is 17.7 Å². The van der Waals surface area contributed by atoms with E-state index < -0.39 is 30.2 Å². The van der Waals surface area contributed by atoms with Crippen LogP contribution in [-0.2, 0) is 24.0 Å². The van der Waals surface area contributed by atoms with Crippen LogP contribution in [0.4, 0.5) is 0 Å². The summed E-state index contributed by atoms with van der Waals surface area (Å²) in [5.74, 6) is 1.09. The van der Waals surface area contributed by atoms with Crippen LogP contribution in [0.2, 0.25) is 0 Å². The average Bonchev–Trinajstić information content (AvgIpc) is 3.83. The van der Waals surface area contributed by atoms with Crippen molar-refractivity contribution in [1.29, 1.82) is 0 Å². The van der Waals surface area contributed by atoms with Crippen LogP contribution >= 0.6 is 0 Å². The topological polar surface area (TPSA) is 147 Å². The van der Waals surface area contributed by atoms with E-state index in [-0.39, 0.29) is 66.2 Å². The maximum Gasteiger partial charge on any atom is 0.246 e. The Hall–Kier alpha value is -1.87. The van der Waals surface area contributed by atoms with Crippen molar-refractivity contribution >= 4 is 17.7 Å². The number of amides is 3. The predicted octanol–water partition coefficient (Wildman–Crippen LogP) is 2.59. The fraction of sp³-hybridized carbons (Fsp3) is 0.930. The second kappa shape index (κ2) is 18.2. The van der Waals surface area contributed by atoms with Gasteiger partial charge in [-0.15, -0.1) is 0 Å². The lowest BCUT2D eigenvalue weighted by atomic mass is 9.45. The van der Waals surface area contributed by atoms with Crippen molar-refractivity contribution in [1.82, 2.24) is 30.4 Å². The minimum atomic E-state index is -0.849. The van der Waals surface area contributed by atoms with E-state index in [1.165, 1.54) is 6.42 Å². The van der Waals surface area contributed by atoms with Gasteiger partial charge in [0.05, 0.1) is 18.8 Å². The van der Waals surface area contributed by atoms with Crippen LogP contribution < -0.4 is 10.6 Å². The smallest absolute Gasteiger partial charge is 0.246 e. The number of aliphatic hydroxyl groups is 2. The van der Waals surface area contributed by atoms with Crippen molar-refractivity contribution in [3.05, 3.63) is 0 Å². The summed E-state index contributed by atoms with van der Waals surface area (Å²) in [6, 6.07) is -1.01. The normalized spacial score (nSPS) is 39.7. The number of likely N-dealkylation sites (N-methyl/N-ethyl adjacent to an activating group) is 1. The third-order valence-corrected chi connectivity index (χ3v) is 15.8. The number of fused-ring (bicyclic) bond motifs is 2. The maximum absolute atomic E-state index is 14.4. The van der Waals surface area contributed by atoms with Gasteiger partial charge < -0.3 is 40.3 Å². The lowest BCUT2D eigenvalue weighted by Gasteiger charge is -2.62. The molecule has 0 aromatic rings. The molecule has 7 aliphatic rings. The summed E-state index contributed by atoms with van der Waals surface area (Å²) < 4.78 is 6.41. The number of aliphatic hydroxyl groups excluding tert-OH is 2. The van der Waals surface area contributed by atoms with Gasteiger partial charge in [-0.25, -0.2) is 0 Å². The molecule has 13 heteroatoms. The number of hydroxylamine groups is 2. The number of ether oxygens (including phenoxy) is 1. The van der Waals surface area contributed by atoms with Crippen molar-refractivity contribution in [3.63, 3.8) is 0 Å². The zero-order chi connectivity index (χ0) is 40.6. The molecule has 0 radical (unpaired) electrons. The quantitative estimate of drug-likeness (QED) is 0.207. The zero-order valence-corrected chi connectivity index (χ0v) is 36.0. The molecule has 6 unspecified atom stereocenters. The maximum atomic E-state index is 14.4. The summed E-state index contributed by atoms with van der Waals surface area (Å²) in [5, 5.41) is 29.8. The largest absolute Gasteiger partial charge is 0.394 e. The Morgan fingerprint density at radius 3 is 2.29 bits per heavy atom. The van der Waals surface area contributed by atoms with Gasteiger partial charge in [0.25, 0.3) is 0 Å². The molecule has 5 aliphatic carbocycles. The van der Waals surface area contributed by atoms with Crippen LogP contribution in [0.3, 0.4) is 0 Å². The third kappa shape index (κ3) is 8.99. The van der Waals surface area contributed by atoms with Crippen molar-refractivity contribution < 1.29 is 34.2 Å².